The van der Waals surface area contributed by atoms with Gasteiger partial charge in [-0.25, -0.2) is 15.0 Å². The molecule has 0 bridgehead atoms. The number of hydrogen-bond acceptors (Lipinski definition) is 6. The highest BCUT2D eigenvalue weighted by Crippen LogP contribution is 2.05. The quantitative estimate of drug-likeness (QED) is 0.715. The largest absolute Gasteiger partial charge is 0.388 e. The zero-order chi connectivity index (χ0) is 12.3. The van der Waals surface area contributed by atoms with Gasteiger partial charge in [-0.2, -0.15) is 0 Å². The number of nitrogens with two attached hydrogens (primary N) is 1. The van der Waals surface area contributed by atoms with Gasteiger partial charge in [0, 0.05) is 26.2 Å². The summed E-state index contributed by atoms with van der Waals surface area (Å²) in [7, 11) is 2.12. The molecule has 1 saturated heterocycles. The number of hydrazine groups is 1. The molecule has 0 atom stereocenters. The lowest BCUT2D eigenvalue weighted by Crippen LogP contribution is -2.47. The molecule has 0 unspecified atom stereocenters. The molecule has 17 heavy (non-hydrogen) atoms. The molecule has 1 aliphatic heterocycles. The maximum atomic E-state index is 5.46. The molecule has 92 valence electrons. The Morgan fingerprint density at radius 2 is 2.00 bits per heavy atom. The summed E-state index contributed by atoms with van der Waals surface area (Å²) in [5, 5.41) is 2.13. The zero-order valence-electron chi connectivity index (χ0n) is 9.76. The van der Waals surface area contributed by atoms with Crippen molar-refractivity contribution >= 4 is 23.0 Å². The Bertz CT molecular complexity index is 384. The van der Waals surface area contributed by atoms with Crippen LogP contribution in [0.5, 0.6) is 0 Å². The lowest BCUT2D eigenvalue weighted by Gasteiger charge is -2.32. The van der Waals surface area contributed by atoms with Crippen LogP contribution >= 0.6 is 12.2 Å². The molecule has 3 N–H and O–H groups in total. The summed E-state index contributed by atoms with van der Waals surface area (Å²) in [6.45, 7) is 4.03. The molecule has 7 heteroatoms. The molecule has 0 spiro atoms. The first-order chi connectivity index (χ1) is 8.15. The lowest BCUT2D eigenvalue weighted by molar-refractivity contribution is 0.178. The Hall–Kier alpha value is -1.31. The molecule has 0 aromatic carbocycles. The summed E-state index contributed by atoms with van der Waals surface area (Å²) in [6.07, 6.45) is 3.23. The molecule has 1 aromatic rings. The number of hydrogen-bond donors (Lipinski definition) is 2. The Morgan fingerprint density at radius 1 is 1.29 bits per heavy atom. The number of anilines is 1. The van der Waals surface area contributed by atoms with E-state index in [4.69, 9.17) is 18.0 Å². The molecule has 6 nitrogen and oxygen atoms in total. The van der Waals surface area contributed by atoms with Gasteiger partial charge in [0.2, 0.25) is 0 Å². The third kappa shape index (κ3) is 3.32. The number of nitrogens with one attached hydrogen (secondary N) is 1. The van der Waals surface area contributed by atoms with E-state index in [0.717, 1.165) is 32.0 Å². The predicted molar refractivity (Wildman–Crippen MR) is 70.6 cm³/mol. The van der Waals surface area contributed by atoms with E-state index in [9.17, 15) is 0 Å². The number of likely N-dealkylation sites (N-methyl/N-ethyl adjacent to an activating group) is 1. The van der Waals surface area contributed by atoms with E-state index < -0.39 is 0 Å². The maximum absolute atomic E-state index is 5.46. The lowest BCUT2D eigenvalue weighted by atomic mass is 10.4. The van der Waals surface area contributed by atoms with Crippen molar-refractivity contribution < 1.29 is 0 Å². The predicted octanol–water partition coefficient (Wildman–Crippen LogP) is -0.315. The van der Waals surface area contributed by atoms with Gasteiger partial charge in [0.05, 0.1) is 12.4 Å². The van der Waals surface area contributed by atoms with Gasteiger partial charge in [-0.05, 0) is 7.05 Å². The monoisotopic (exact) mass is 252 g/mol. The molecular formula is C10H16N6S. The van der Waals surface area contributed by atoms with Gasteiger partial charge in [-0.15, -0.1) is 0 Å². The Morgan fingerprint density at radius 3 is 2.53 bits per heavy atom. The zero-order valence-corrected chi connectivity index (χ0v) is 10.6. The topological polar surface area (TPSA) is 70.3 Å². The summed E-state index contributed by atoms with van der Waals surface area (Å²) in [5.74, 6) is 0.717. The van der Waals surface area contributed by atoms with Crippen LogP contribution in [0, 0.1) is 0 Å². The van der Waals surface area contributed by atoms with E-state index in [2.05, 4.69) is 32.4 Å². The fraction of sp³-hybridized carbons (Fsp3) is 0.500. The third-order valence-electron chi connectivity index (χ3n) is 2.68. The second-order valence-electron chi connectivity index (χ2n) is 4.05. The fourth-order valence-electron chi connectivity index (χ4n) is 1.59. The standard InChI is InChI=1S/C10H16N6S/c1-15-2-4-16(5-3-15)14-9-7-12-8(6-13-9)10(11)17/h6-7H,2-5H2,1H3,(H2,11,17)(H,13,14). The summed E-state index contributed by atoms with van der Waals surface area (Å²) in [6, 6.07) is 0. The second kappa shape index (κ2) is 5.35. The van der Waals surface area contributed by atoms with E-state index in [1.165, 1.54) is 0 Å². The molecular weight excluding hydrogens is 236 g/mol. The second-order valence-corrected chi connectivity index (χ2v) is 4.49. The van der Waals surface area contributed by atoms with Gasteiger partial charge in [-0.3, -0.25) is 0 Å². The Labute approximate surface area is 106 Å². The molecule has 0 radical (unpaired) electrons. The van der Waals surface area contributed by atoms with Gasteiger partial charge >= 0.3 is 0 Å². The van der Waals surface area contributed by atoms with Crippen LogP contribution in [0.3, 0.4) is 0 Å². The van der Waals surface area contributed by atoms with E-state index in [0.29, 0.717) is 5.69 Å². The van der Waals surface area contributed by atoms with Crippen LogP contribution in [0.15, 0.2) is 12.4 Å². The minimum Gasteiger partial charge on any atom is -0.388 e. The Balaban J connectivity index is 1.92. The highest BCUT2D eigenvalue weighted by Gasteiger charge is 2.13. The summed E-state index contributed by atoms with van der Waals surface area (Å²) < 4.78 is 0. The van der Waals surface area contributed by atoms with Crippen LogP contribution in [0.1, 0.15) is 5.69 Å². The highest BCUT2D eigenvalue weighted by atomic mass is 32.1. The molecule has 1 fully saturated rings. The molecule has 0 saturated carbocycles. The first-order valence-corrected chi connectivity index (χ1v) is 5.88. The van der Waals surface area contributed by atoms with Gasteiger partial charge < -0.3 is 16.1 Å². The number of nitrogens with zero attached hydrogens (tertiary/aromatic N) is 4. The number of piperazine rings is 1. The van der Waals surface area contributed by atoms with Gasteiger partial charge in [-0.1, -0.05) is 12.2 Å². The van der Waals surface area contributed by atoms with Crippen molar-refractivity contribution in [1.29, 1.82) is 0 Å². The van der Waals surface area contributed by atoms with Crippen LogP contribution in [0.4, 0.5) is 5.82 Å². The minimum absolute atomic E-state index is 0.267. The summed E-state index contributed by atoms with van der Waals surface area (Å²) >= 11 is 4.82. The molecule has 1 aliphatic rings. The smallest absolute Gasteiger partial charge is 0.158 e. The van der Waals surface area contributed by atoms with E-state index >= 15 is 0 Å². The maximum Gasteiger partial charge on any atom is 0.158 e. The van der Waals surface area contributed by atoms with Crippen LogP contribution in [0.25, 0.3) is 0 Å². The van der Waals surface area contributed by atoms with Crippen molar-refractivity contribution in [3.05, 3.63) is 18.1 Å². The van der Waals surface area contributed by atoms with E-state index in [1.54, 1.807) is 12.4 Å². The van der Waals surface area contributed by atoms with Crippen molar-refractivity contribution in [2.75, 3.05) is 38.7 Å². The average molecular weight is 252 g/mol. The molecule has 0 amide bonds. The summed E-state index contributed by atoms with van der Waals surface area (Å²) in [4.78, 5) is 10.9. The first kappa shape index (κ1) is 12.2. The Kier molecular flexibility index (Phi) is 3.82. The number of thiocarbonyl (C=S) groups is 1. The van der Waals surface area contributed by atoms with Crippen LogP contribution in [-0.2, 0) is 0 Å². The molecule has 2 heterocycles. The minimum atomic E-state index is 0.267. The highest BCUT2D eigenvalue weighted by molar-refractivity contribution is 7.80. The van der Waals surface area contributed by atoms with Crippen molar-refractivity contribution in [2.45, 2.75) is 0 Å². The van der Waals surface area contributed by atoms with Crippen molar-refractivity contribution in [1.82, 2.24) is 19.9 Å². The molecule has 0 aliphatic carbocycles. The normalized spacial score (nSPS) is 17.9. The fourth-order valence-corrected chi connectivity index (χ4v) is 1.70. The molecule has 2 rings (SSSR count). The van der Waals surface area contributed by atoms with Crippen molar-refractivity contribution in [2.24, 2.45) is 5.73 Å². The van der Waals surface area contributed by atoms with Gasteiger partial charge in [0.1, 0.15) is 10.7 Å². The van der Waals surface area contributed by atoms with Crippen LogP contribution in [-0.4, -0.2) is 58.1 Å². The third-order valence-corrected chi connectivity index (χ3v) is 2.89. The SMILES string of the molecule is CN1CCN(Nc2cnc(C(N)=S)cn2)CC1. The van der Waals surface area contributed by atoms with Crippen LogP contribution < -0.4 is 11.2 Å². The van der Waals surface area contributed by atoms with Gasteiger partial charge in [0.25, 0.3) is 0 Å². The van der Waals surface area contributed by atoms with E-state index in [1.807, 2.05) is 0 Å². The van der Waals surface area contributed by atoms with Crippen LogP contribution in [0.2, 0.25) is 0 Å². The van der Waals surface area contributed by atoms with Gasteiger partial charge in [0.15, 0.2) is 5.82 Å². The van der Waals surface area contributed by atoms with Crippen molar-refractivity contribution in [3.8, 4) is 0 Å². The average Bonchev–Trinajstić information content (AvgIpc) is 2.33. The van der Waals surface area contributed by atoms with Crippen molar-refractivity contribution in [3.63, 3.8) is 0 Å². The first-order valence-electron chi connectivity index (χ1n) is 5.47. The summed E-state index contributed by atoms with van der Waals surface area (Å²) in [5.41, 5.74) is 9.22. The number of aromatic nitrogens is 2. The van der Waals surface area contributed by atoms with E-state index in [-0.39, 0.29) is 4.99 Å². The molecule has 1 aromatic heterocycles. The number of rotatable bonds is 3.